The molecule has 0 aromatic heterocycles. The van der Waals surface area contributed by atoms with E-state index in [1.54, 1.807) is 0 Å². The van der Waals surface area contributed by atoms with E-state index in [4.69, 9.17) is 0 Å². The molecule has 0 spiro atoms. The van der Waals surface area contributed by atoms with Crippen LogP contribution < -0.4 is 0 Å². The standard InChI is InChI=1S/C19H11BrI2/c1-10-2-3-11-5-13-7-15-9-17(21)19(22)18(20)16(15)8-14(13)6-12(11)4-10/h2-9H,1H3. The minimum atomic E-state index is 1.20. The van der Waals surface area contributed by atoms with Gasteiger partial charge in [0.2, 0.25) is 0 Å². The lowest BCUT2D eigenvalue weighted by atomic mass is 9.99. The van der Waals surface area contributed by atoms with Crippen LogP contribution in [0.2, 0.25) is 0 Å². The first-order chi connectivity index (χ1) is 10.5. The van der Waals surface area contributed by atoms with Gasteiger partial charge in [-0.2, -0.15) is 0 Å². The molecule has 0 nitrogen and oxygen atoms in total. The molecule has 0 fully saturated rings. The highest BCUT2D eigenvalue weighted by Gasteiger charge is 2.09. The Morgan fingerprint density at radius 1 is 0.727 bits per heavy atom. The highest BCUT2D eigenvalue weighted by atomic mass is 127. The molecule has 0 aliphatic heterocycles. The van der Waals surface area contributed by atoms with Crippen molar-refractivity contribution in [2.24, 2.45) is 0 Å². The zero-order valence-corrected chi connectivity index (χ0v) is 17.7. The molecular formula is C19H11BrI2. The summed E-state index contributed by atoms with van der Waals surface area (Å²) in [5.41, 5.74) is 1.30. The Morgan fingerprint density at radius 3 is 2.18 bits per heavy atom. The van der Waals surface area contributed by atoms with Gasteiger partial charge in [0, 0.05) is 11.6 Å². The molecule has 0 bridgehead atoms. The maximum Gasteiger partial charge on any atom is 0.0412 e. The molecule has 22 heavy (non-hydrogen) atoms. The molecule has 0 N–H and O–H groups in total. The molecule has 0 radical (unpaired) electrons. The summed E-state index contributed by atoms with van der Waals surface area (Å²) in [6, 6.07) is 18.1. The first-order valence-corrected chi connectivity index (χ1v) is 9.89. The highest BCUT2D eigenvalue weighted by Crippen LogP contribution is 2.36. The molecule has 0 amide bonds. The van der Waals surface area contributed by atoms with Crippen molar-refractivity contribution < 1.29 is 0 Å². The van der Waals surface area contributed by atoms with Crippen LogP contribution in [0.1, 0.15) is 5.56 Å². The van der Waals surface area contributed by atoms with Crippen molar-refractivity contribution in [1.29, 1.82) is 0 Å². The van der Waals surface area contributed by atoms with E-state index in [-0.39, 0.29) is 0 Å². The molecule has 4 aromatic rings. The summed E-state index contributed by atoms with van der Waals surface area (Å²) in [5.74, 6) is 0. The van der Waals surface area contributed by atoms with Crippen molar-refractivity contribution in [2.75, 3.05) is 0 Å². The number of benzene rings is 4. The molecule has 3 heteroatoms. The lowest BCUT2D eigenvalue weighted by Gasteiger charge is -2.09. The molecular weight excluding hydrogens is 562 g/mol. The Bertz CT molecular complexity index is 1070. The summed E-state index contributed by atoms with van der Waals surface area (Å²) in [7, 11) is 0. The minimum absolute atomic E-state index is 1.20. The van der Waals surface area contributed by atoms with E-state index in [1.165, 1.54) is 49.5 Å². The van der Waals surface area contributed by atoms with E-state index < -0.39 is 0 Å². The topological polar surface area (TPSA) is 0 Å². The SMILES string of the molecule is Cc1ccc2cc3cc4cc(I)c(I)c(Br)c4cc3cc2c1. The third kappa shape index (κ3) is 2.45. The third-order valence-corrected chi connectivity index (χ3v) is 8.61. The van der Waals surface area contributed by atoms with Crippen LogP contribution in [-0.2, 0) is 0 Å². The zero-order chi connectivity index (χ0) is 15.4. The summed E-state index contributed by atoms with van der Waals surface area (Å²) in [6.45, 7) is 2.14. The van der Waals surface area contributed by atoms with Gasteiger partial charge in [-0.15, -0.1) is 0 Å². The van der Waals surface area contributed by atoms with Gasteiger partial charge < -0.3 is 0 Å². The average Bonchev–Trinajstić information content (AvgIpc) is 2.49. The fourth-order valence-electron chi connectivity index (χ4n) is 2.92. The van der Waals surface area contributed by atoms with Crippen LogP contribution in [-0.4, -0.2) is 0 Å². The van der Waals surface area contributed by atoms with Gasteiger partial charge in [-0.1, -0.05) is 23.8 Å². The molecule has 4 rings (SSSR count). The van der Waals surface area contributed by atoms with E-state index in [0.717, 1.165) is 0 Å². The Kier molecular flexibility index (Phi) is 3.85. The number of rotatable bonds is 0. The molecule has 0 atom stereocenters. The van der Waals surface area contributed by atoms with Crippen LogP contribution in [0.4, 0.5) is 0 Å². The number of fused-ring (bicyclic) bond motifs is 3. The van der Waals surface area contributed by atoms with Crippen molar-refractivity contribution in [3.05, 3.63) is 65.7 Å². The maximum atomic E-state index is 3.77. The van der Waals surface area contributed by atoms with Crippen LogP contribution in [0.5, 0.6) is 0 Å². The van der Waals surface area contributed by atoms with Crippen LogP contribution in [0.15, 0.2) is 53.0 Å². The van der Waals surface area contributed by atoms with E-state index >= 15 is 0 Å². The predicted octanol–water partition coefficient (Wildman–Crippen LogP) is 7.43. The molecule has 0 saturated carbocycles. The Labute approximate surface area is 164 Å². The molecule has 108 valence electrons. The van der Waals surface area contributed by atoms with Crippen molar-refractivity contribution in [1.82, 2.24) is 0 Å². The van der Waals surface area contributed by atoms with E-state index in [2.05, 4.69) is 117 Å². The Balaban J connectivity index is 2.15. The predicted molar refractivity (Wildman–Crippen MR) is 117 cm³/mol. The van der Waals surface area contributed by atoms with E-state index in [1.807, 2.05) is 0 Å². The van der Waals surface area contributed by atoms with Crippen LogP contribution in [0, 0.1) is 14.1 Å². The minimum Gasteiger partial charge on any atom is -0.0587 e. The quantitative estimate of drug-likeness (QED) is 0.117. The summed E-state index contributed by atoms with van der Waals surface area (Å²) in [5, 5.41) is 7.77. The van der Waals surface area contributed by atoms with Gasteiger partial charge in [0.25, 0.3) is 0 Å². The van der Waals surface area contributed by atoms with Crippen LogP contribution in [0.3, 0.4) is 0 Å². The van der Waals surface area contributed by atoms with Gasteiger partial charge >= 0.3 is 0 Å². The first kappa shape index (κ1) is 15.1. The largest absolute Gasteiger partial charge is 0.0587 e. The smallest absolute Gasteiger partial charge is 0.0412 e. The van der Waals surface area contributed by atoms with Gasteiger partial charge in [0.05, 0.1) is 0 Å². The zero-order valence-electron chi connectivity index (χ0n) is 11.8. The van der Waals surface area contributed by atoms with Crippen LogP contribution >= 0.6 is 61.1 Å². The molecule has 0 saturated heterocycles. The number of hydrogen-bond acceptors (Lipinski definition) is 0. The summed E-state index contributed by atoms with van der Waals surface area (Å²) in [6.07, 6.45) is 0. The first-order valence-electron chi connectivity index (χ1n) is 6.94. The molecule has 0 unspecified atom stereocenters. The second-order valence-electron chi connectivity index (χ2n) is 5.61. The molecule has 0 aliphatic carbocycles. The van der Waals surface area contributed by atoms with Crippen molar-refractivity contribution >= 4 is 93.4 Å². The molecule has 4 aromatic carbocycles. The number of halogens is 3. The Hall–Kier alpha value is -0.400. The van der Waals surface area contributed by atoms with Gasteiger partial charge in [0.1, 0.15) is 0 Å². The highest BCUT2D eigenvalue weighted by molar-refractivity contribution is 14.1. The fourth-order valence-corrected chi connectivity index (χ4v) is 4.90. The van der Waals surface area contributed by atoms with Gasteiger partial charge in [0.15, 0.2) is 0 Å². The summed E-state index contributed by atoms with van der Waals surface area (Å²) < 4.78 is 3.76. The number of hydrogen-bond donors (Lipinski definition) is 0. The van der Waals surface area contributed by atoms with Gasteiger partial charge in [-0.3, -0.25) is 0 Å². The van der Waals surface area contributed by atoms with E-state index in [9.17, 15) is 0 Å². The summed E-state index contributed by atoms with van der Waals surface area (Å²) in [4.78, 5) is 0. The Morgan fingerprint density at radius 2 is 1.36 bits per heavy atom. The van der Waals surface area contributed by atoms with Crippen molar-refractivity contribution in [3.8, 4) is 0 Å². The van der Waals surface area contributed by atoms with Crippen molar-refractivity contribution in [3.63, 3.8) is 0 Å². The van der Waals surface area contributed by atoms with Crippen LogP contribution in [0.25, 0.3) is 32.3 Å². The lowest BCUT2D eigenvalue weighted by Crippen LogP contribution is -1.86. The monoisotopic (exact) mass is 572 g/mol. The average molecular weight is 573 g/mol. The maximum absolute atomic E-state index is 3.77. The van der Waals surface area contributed by atoms with Gasteiger partial charge in [-0.05, 0) is 131 Å². The second-order valence-corrected chi connectivity index (χ2v) is 8.64. The second kappa shape index (κ2) is 5.60. The number of aryl methyl sites for hydroxylation is 1. The third-order valence-electron chi connectivity index (χ3n) is 4.04. The fraction of sp³-hybridized carbons (Fsp3) is 0.0526. The van der Waals surface area contributed by atoms with E-state index in [0.29, 0.717) is 0 Å². The normalized spacial score (nSPS) is 11.6. The molecule has 0 heterocycles. The molecule has 0 aliphatic rings. The van der Waals surface area contributed by atoms with Gasteiger partial charge in [-0.25, -0.2) is 0 Å². The summed E-state index contributed by atoms with van der Waals surface area (Å²) >= 11 is 8.57. The lowest BCUT2D eigenvalue weighted by molar-refractivity contribution is 1.51. The van der Waals surface area contributed by atoms with Crippen molar-refractivity contribution in [2.45, 2.75) is 6.92 Å².